The Morgan fingerprint density at radius 2 is 1.08 bits per heavy atom. The first-order valence-corrected chi connectivity index (χ1v) is 3.97. The van der Waals surface area contributed by atoms with Crippen molar-refractivity contribution in [3.05, 3.63) is 48.6 Å². The maximum absolute atomic E-state index is 4.08. The highest BCUT2D eigenvalue weighted by molar-refractivity contribution is 4.99. The fourth-order valence-electron chi connectivity index (χ4n) is 0.984. The molecule has 2 rings (SSSR count). The van der Waals surface area contributed by atoms with Gasteiger partial charge in [-0.3, -0.25) is 0 Å². The Bertz CT molecular complexity index is 322. The van der Waals surface area contributed by atoms with Crippen LogP contribution in [0.2, 0.25) is 0 Å². The molecular formula is C9H8N4. The Kier molecular flexibility index (Phi) is 2.22. The molecule has 0 saturated carbocycles. The van der Waals surface area contributed by atoms with E-state index >= 15 is 0 Å². The van der Waals surface area contributed by atoms with Crippen LogP contribution in [0.1, 0.15) is 11.6 Å². The van der Waals surface area contributed by atoms with Crippen molar-refractivity contribution < 1.29 is 0 Å². The van der Waals surface area contributed by atoms with E-state index in [0.29, 0.717) is 6.42 Å². The molecule has 0 unspecified atom stereocenters. The van der Waals surface area contributed by atoms with Crippen molar-refractivity contribution in [2.45, 2.75) is 6.42 Å². The molecule has 0 saturated heterocycles. The predicted octanol–water partition coefficient (Wildman–Crippen LogP) is 0.857. The maximum Gasteiger partial charge on any atom is 0.135 e. The predicted molar refractivity (Wildman–Crippen MR) is 46.9 cm³/mol. The molecule has 0 aliphatic rings. The van der Waals surface area contributed by atoms with Crippen LogP contribution in [0.5, 0.6) is 0 Å². The summed E-state index contributed by atoms with van der Waals surface area (Å²) >= 11 is 0. The smallest absolute Gasteiger partial charge is 0.135 e. The third-order valence-electron chi connectivity index (χ3n) is 1.55. The first-order valence-electron chi connectivity index (χ1n) is 3.97. The quantitative estimate of drug-likeness (QED) is 0.674. The summed E-state index contributed by atoms with van der Waals surface area (Å²) in [5, 5.41) is 0. The standard InChI is InChI=1S/C9H8N4/c1-3-10-8(11-4-1)7-9-12-5-2-6-13-9/h1-6H,7H2. The van der Waals surface area contributed by atoms with E-state index in [2.05, 4.69) is 19.9 Å². The molecular weight excluding hydrogens is 164 g/mol. The van der Waals surface area contributed by atoms with Gasteiger partial charge in [-0.15, -0.1) is 0 Å². The van der Waals surface area contributed by atoms with Crippen LogP contribution in [0.4, 0.5) is 0 Å². The Balaban J connectivity index is 2.16. The molecule has 4 nitrogen and oxygen atoms in total. The van der Waals surface area contributed by atoms with Gasteiger partial charge < -0.3 is 0 Å². The molecule has 2 heterocycles. The third kappa shape index (κ3) is 2.05. The fraction of sp³-hybridized carbons (Fsp3) is 0.111. The molecule has 0 radical (unpaired) electrons. The van der Waals surface area contributed by atoms with Gasteiger partial charge in [-0.05, 0) is 12.1 Å². The number of aromatic nitrogens is 4. The zero-order valence-corrected chi connectivity index (χ0v) is 6.96. The van der Waals surface area contributed by atoms with Crippen molar-refractivity contribution in [2.75, 3.05) is 0 Å². The van der Waals surface area contributed by atoms with Crippen LogP contribution < -0.4 is 0 Å². The van der Waals surface area contributed by atoms with Crippen LogP contribution in [-0.4, -0.2) is 19.9 Å². The van der Waals surface area contributed by atoms with Gasteiger partial charge in [0.15, 0.2) is 0 Å². The van der Waals surface area contributed by atoms with Crippen molar-refractivity contribution >= 4 is 0 Å². The second-order valence-corrected chi connectivity index (χ2v) is 2.51. The van der Waals surface area contributed by atoms with Gasteiger partial charge in [-0.1, -0.05) is 0 Å². The molecule has 0 bridgehead atoms. The highest BCUT2D eigenvalue weighted by atomic mass is 14.9. The van der Waals surface area contributed by atoms with Crippen LogP contribution in [0.3, 0.4) is 0 Å². The van der Waals surface area contributed by atoms with E-state index in [1.54, 1.807) is 36.9 Å². The van der Waals surface area contributed by atoms with E-state index in [9.17, 15) is 0 Å². The maximum atomic E-state index is 4.08. The highest BCUT2D eigenvalue weighted by Gasteiger charge is 1.98. The molecule has 13 heavy (non-hydrogen) atoms. The van der Waals surface area contributed by atoms with Crippen LogP contribution in [0.15, 0.2) is 36.9 Å². The van der Waals surface area contributed by atoms with Gasteiger partial charge in [0, 0.05) is 24.8 Å². The fourth-order valence-corrected chi connectivity index (χ4v) is 0.984. The normalized spacial score (nSPS) is 9.85. The van der Waals surface area contributed by atoms with E-state index in [0.717, 1.165) is 11.6 Å². The molecule has 0 atom stereocenters. The molecule has 0 amide bonds. The van der Waals surface area contributed by atoms with Gasteiger partial charge in [0.25, 0.3) is 0 Å². The third-order valence-corrected chi connectivity index (χ3v) is 1.55. The molecule has 2 aromatic heterocycles. The second-order valence-electron chi connectivity index (χ2n) is 2.51. The van der Waals surface area contributed by atoms with E-state index in [1.807, 2.05) is 0 Å². The lowest BCUT2D eigenvalue weighted by Gasteiger charge is -1.96. The van der Waals surface area contributed by atoms with Crippen LogP contribution in [-0.2, 0) is 6.42 Å². The summed E-state index contributed by atoms with van der Waals surface area (Å²) in [7, 11) is 0. The summed E-state index contributed by atoms with van der Waals surface area (Å²) in [6.07, 6.45) is 7.44. The average Bonchev–Trinajstić information content (AvgIpc) is 2.21. The molecule has 0 aliphatic carbocycles. The van der Waals surface area contributed by atoms with Gasteiger partial charge in [0.2, 0.25) is 0 Å². The highest BCUT2D eigenvalue weighted by Crippen LogP contribution is 1.96. The number of nitrogens with zero attached hydrogens (tertiary/aromatic N) is 4. The SMILES string of the molecule is c1cnc(Cc2ncccn2)nc1. The topological polar surface area (TPSA) is 51.6 Å². The van der Waals surface area contributed by atoms with Crippen LogP contribution >= 0.6 is 0 Å². The first kappa shape index (κ1) is 7.79. The number of rotatable bonds is 2. The summed E-state index contributed by atoms with van der Waals surface area (Å²) in [5.41, 5.74) is 0. The lowest BCUT2D eigenvalue weighted by atomic mass is 10.3. The molecule has 64 valence electrons. The van der Waals surface area contributed by atoms with Gasteiger partial charge in [0.05, 0.1) is 6.42 Å². The molecule has 0 aromatic carbocycles. The summed E-state index contributed by atoms with van der Waals surface area (Å²) in [4.78, 5) is 16.3. The summed E-state index contributed by atoms with van der Waals surface area (Å²) < 4.78 is 0. The summed E-state index contributed by atoms with van der Waals surface area (Å²) in [6.45, 7) is 0. The lowest BCUT2D eigenvalue weighted by Crippen LogP contribution is -1.99. The molecule has 0 aliphatic heterocycles. The monoisotopic (exact) mass is 172 g/mol. The summed E-state index contributed by atoms with van der Waals surface area (Å²) in [5.74, 6) is 1.49. The Hall–Kier alpha value is -1.84. The Morgan fingerprint density at radius 3 is 1.46 bits per heavy atom. The average molecular weight is 172 g/mol. The van der Waals surface area contributed by atoms with Gasteiger partial charge in [-0.2, -0.15) is 0 Å². The van der Waals surface area contributed by atoms with E-state index in [1.165, 1.54) is 0 Å². The van der Waals surface area contributed by atoms with Crippen LogP contribution in [0.25, 0.3) is 0 Å². The lowest BCUT2D eigenvalue weighted by molar-refractivity contribution is 0.887. The van der Waals surface area contributed by atoms with E-state index < -0.39 is 0 Å². The van der Waals surface area contributed by atoms with E-state index in [-0.39, 0.29) is 0 Å². The zero-order chi connectivity index (χ0) is 8.93. The van der Waals surface area contributed by atoms with Crippen LogP contribution in [0, 0.1) is 0 Å². The molecule has 0 N–H and O–H groups in total. The molecule has 0 fully saturated rings. The van der Waals surface area contributed by atoms with Crippen molar-refractivity contribution in [1.29, 1.82) is 0 Å². The van der Waals surface area contributed by atoms with Gasteiger partial charge in [0.1, 0.15) is 11.6 Å². The van der Waals surface area contributed by atoms with Crippen molar-refractivity contribution in [3.8, 4) is 0 Å². The van der Waals surface area contributed by atoms with Gasteiger partial charge >= 0.3 is 0 Å². The van der Waals surface area contributed by atoms with Crippen molar-refractivity contribution in [1.82, 2.24) is 19.9 Å². The van der Waals surface area contributed by atoms with Crippen molar-refractivity contribution in [3.63, 3.8) is 0 Å². The molecule has 0 spiro atoms. The number of hydrogen-bond donors (Lipinski definition) is 0. The minimum atomic E-state index is 0.585. The largest absolute Gasteiger partial charge is 0.241 e. The molecule has 4 heteroatoms. The Labute approximate surface area is 75.7 Å². The van der Waals surface area contributed by atoms with E-state index in [4.69, 9.17) is 0 Å². The Morgan fingerprint density at radius 1 is 0.692 bits per heavy atom. The molecule has 2 aromatic rings. The first-order chi connectivity index (χ1) is 6.45. The minimum absolute atomic E-state index is 0.585. The van der Waals surface area contributed by atoms with Gasteiger partial charge in [-0.25, -0.2) is 19.9 Å². The van der Waals surface area contributed by atoms with Crippen molar-refractivity contribution in [2.24, 2.45) is 0 Å². The second kappa shape index (κ2) is 3.71. The number of hydrogen-bond acceptors (Lipinski definition) is 4. The zero-order valence-electron chi connectivity index (χ0n) is 6.96. The minimum Gasteiger partial charge on any atom is -0.241 e. The summed E-state index contributed by atoms with van der Waals surface area (Å²) in [6, 6.07) is 3.57.